The molecule has 0 aliphatic carbocycles. The maximum atomic E-state index is 2.34. The molecule has 0 amide bonds. The summed E-state index contributed by atoms with van der Waals surface area (Å²) in [6.45, 7) is 4.48. The first-order chi connectivity index (χ1) is 14.7. The van der Waals surface area contributed by atoms with Crippen LogP contribution in [0.25, 0.3) is 12.2 Å². The lowest BCUT2D eigenvalue weighted by Crippen LogP contribution is -2.10. The Kier molecular flexibility index (Phi) is 6.25. The quantitative estimate of drug-likeness (QED) is 0.293. The number of hydrogen-bond donors (Lipinski definition) is 0. The first-order valence-corrected chi connectivity index (χ1v) is 10.7. The van der Waals surface area contributed by atoms with E-state index in [9.17, 15) is 0 Å². The topological polar surface area (TPSA) is 0 Å². The Morgan fingerprint density at radius 1 is 0.500 bits per heavy atom. The maximum Gasteiger partial charge on any atom is 0.0155 e. The number of aryl methyl sites for hydroxylation is 1. The maximum absolute atomic E-state index is 2.34. The minimum absolute atomic E-state index is 0.320. The van der Waals surface area contributed by atoms with Crippen LogP contribution in [-0.4, -0.2) is 0 Å². The molecule has 4 aromatic carbocycles. The fourth-order valence-electron chi connectivity index (χ4n) is 4.06. The van der Waals surface area contributed by atoms with Crippen LogP contribution in [0.3, 0.4) is 0 Å². The largest absolute Gasteiger partial charge is 0.0622 e. The summed E-state index contributed by atoms with van der Waals surface area (Å²) < 4.78 is 0. The average molecular weight is 389 g/mol. The number of rotatable bonds is 6. The van der Waals surface area contributed by atoms with Crippen molar-refractivity contribution in [2.75, 3.05) is 0 Å². The van der Waals surface area contributed by atoms with Crippen molar-refractivity contribution in [3.63, 3.8) is 0 Å². The number of hydrogen-bond acceptors (Lipinski definition) is 0. The zero-order valence-corrected chi connectivity index (χ0v) is 17.7. The monoisotopic (exact) mass is 388 g/mol. The van der Waals surface area contributed by atoms with Gasteiger partial charge in [0.15, 0.2) is 0 Å². The summed E-state index contributed by atoms with van der Waals surface area (Å²) in [4.78, 5) is 0. The molecule has 0 radical (unpaired) electrons. The molecule has 0 heterocycles. The highest BCUT2D eigenvalue weighted by molar-refractivity contribution is 5.69. The van der Waals surface area contributed by atoms with Gasteiger partial charge in [0.25, 0.3) is 0 Å². The standard InChI is InChI=1S/C30H28/c1-23-13-19-28(20-14-23)30(24(2)27-11-7-4-8-12-27)29-21-17-26(18-22-29)16-15-25-9-5-3-6-10-25/h3-22,24,30H,1-2H3/b16-15+. The molecule has 0 aromatic heterocycles. The molecule has 0 nitrogen and oxygen atoms in total. The molecule has 0 heteroatoms. The minimum atomic E-state index is 0.320. The van der Waals surface area contributed by atoms with Crippen LogP contribution in [0.1, 0.15) is 52.1 Å². The van der Waals surface area contributed by atoms with Gasteiger partial charge in [0, 0.05) is 5.92 Å². The number of benzene rings is 4. The lowest BCUT2D eigenvalue weighted by molar-refractivity contribution is 0.657. The SMILES string of the molecule is Cc1ccc(C(c2ccc(/C=C/c3ccccc3)cc2)C(C)c2ccccc2)cc1. The third-order valence-corrected chi connectivity index (χ3v) is 5.83. The Labute approximate surface area is 180 Å². The summed E-state index contributed by atoms with van der Waals surface area (Å²) in [6, 6.07) is 39.3. The highest BCUT2D eigenvalue weighted by Gasteiger charge is 2.22. The van der Waals surface area contributed by atoms with E-state index in [-0.39, 0.29) is 0 Å². The van der Waals surface area contributed by atoms with E-state index in [0.29, 0.717) is 11.8 Å². The van der Waals surface area contributed by atoms with E-state index in [1.807, 2.05) is 6.07 Å². The van der Waals surface area contributed by atoms with E-state index in [0.717, 1.165) is 0 Å². The van der Waals surface area contributed by atoms with Crippen LogP contribution in [0, 0.1) is 6.92 Å². The van der Waals surface area contributed by atoms with Crippen LogP contribution in [-0.2, 0) is 0 Å². The molecule has 0 saturated heterocycles. The normalized spacial score (nSPS) is 13.3. The van der Waals surface area contributed by atoms with Crippen LogP contribution < -0.4 is 0 Å². The first kappa shape index (κ1) is 19.9. The molecule has 4 aromatic rings. The van der Waals surface area contributed by atoms with Crippen LogP contribution in [0.5, 0.6) is 0 Å². The average Bonchev–Trinajstić information content (AvgIpc) is 2.81. The minimum Gasteiger partial charge on any atom is -0.0622 e. The van der Waals surface area contributed by atoms with Gasteiger partial charge in [-0.25, -0.2) is 0 Å². The highest BCUT2D eigenvalue weighted by Crippen LogP contribution is 2.38. The second-order valence-corrected chi connectivity index (χ2v) is 8.00. The van der Waals surface area contributed by atoms with Crippen LogP contribution in [0.15, 0.2) is 109 Å². The summed E-state index contributed by atoms with van der Waals surface area (Å²) in [5.41, 5.74) is 7.83. The van der Waals surface area contributed by atoms with Crippen LogP contribution >= 0.6 is 0 Å². The Morgan fingerprint density at radius 2 is 0.967 bits per heavy atom. The van der Waals surface area contributed by atoms with Crippen molar-refractivity contribution >= 4 is 12.2 Å². The van der Waals surface area contributed by atoms with Crippen molar-refractivity contribution in [1.29, 1.82) is 0 Å². The fraction of sp³-hybridized carbons (Fsp3) is 0.133. The van der Waals surface area contributed by atoms with E-state index >= 15 is 0 Å². The third kappa shape index (κ3) is 4.78. The molecule has 148 valence electrons. The Bertz CT molecular complexity index is 1070. The molecule has 0 N–H and O–H groups in total. The van der Waals surface area contributed by atoms with Gasteiger partial charge in [-0.2, -0.15) is 0 Å². The van der Waals surface area contributed by atoms with E-state index in [4.69, 9.17) is 0 Å². The lowest BCUT2D eigenvalue weighted by atomic mass is 9.78. The van der Waals surface area contributed by atoms with Crippen molar-refractivity contribution in [1.82, 2.24) is 0 Å². The highest BCUT2D eigenvalue weighted by atomic mass is 14.3. The van der Waals surface area contributed by atoms with Crippen LogP contribution in [0.4, 0.5) is 0 Å². The predicted octanol–water partition coefficient (Wildman–Crippen LogP) is 8.10. The summed E-state index contributed by atoms with van der Waals surface area (Å²) in [5.74, 6) is 0.708. The van der Waals surface area contributed by atoms with Gasteiger partial charge in [0.1, 0.15) is 0 Å². The van der Waals surface area contributed by atoms with Crippen molar-refractivity contribution in [2.45, 2.75) is 25.7 Å². The molecule has 0 bridgehead atoms. The summed E-state index contributed by atoms with van der Waals surface area (Å²) in [7, 11) is 0. The lowest BCUT2D eigenvalue weighted by Gasteiger charge is -2.26. The first-order valence-electron chi connectivity index (χ1n) is 10.7. The molecule has 0 fully saturated rings. The second kappa shape index (κ2) is 9.41. The Hall–Kier alpha value is -3.38. The van der Waals surface area contributed by atoms with Gasteiger partial charge < -0.3 is 0 Å². The predicted molar refractivity (Wildman–Crippen MR) is 130 cm³/mol. The van der Waals surface area contributed by atoms with E-state index < -0.39 is 0 Å². The van der Waals surface area contributed by atoms with Gasteiger partial charge in [0.2, 0.25) is 0 Å². The van der Waals surface area contributed by atoms with Gasteiger partial charge in [-0.15, -0.1) is 0 Å². The molecule has 0 aliphatic heterocycles. The summed E-state index contributed by atoms with van der Waals surface area (Å²) in [6.07, 6.45) is 4.35. The van der Waals surface area contributed by atoms with Gasteiger partial charge >= 0.3 is 0 Å². The molecule has 4 rings (SSSR count). The smallest absolute Gasteiger partial charge is 0.0155 e. The van der Waals surface area contributed by atoms with E-state index in [1.165, 1.54) is 33.4 Å². The molecule has 30 heavy (non-hydrogen) atoms. The molecule has 2 atom stereocenters. The third-order valence-electron chi connectivity index (χ3n) is 5.83. The van der Waals surface area contributed by atoms with Gasteiger partial charge in [-0.3, -0.25) is 0 Å². The van der Waals surface area contributed by atoms with Gasteiger partial charge in [-0.05, 0) is 40.7 Å². The second-order valence-electron chi connectivity index (χ2n) is 8.00. The van der Waals surface area contributed by atoms with Crippen LogP contribution in [0.2, 0.25) is 0 Å². The van der Waals surface area contributed by atoms with Crippen molar-refractivity contribution in [3.8, 4) is 0 Å². The van der Waals surface area contributed by atoms with Crippen molar-refractivity contribution < 1.29 is 0 Å². The Balaban J connectivity index is 1.65. The summed E-state index contributed by atoms with van der Waals surface area (Å²) in [5, 5.41) is 0. The molecule has 0 spiro atoms. The molecular weight excluding hydrogens is 360 g/mol. The Morgan fingerprint density at radius 3 is 1.53 bits per heavy atom. The summed E-state index contributed by atoms with van der Waals surface area (Å²) >= 11 is 0. The van der Waals surface area contributed by atoms with Gasteiger partial charge in [0.05, 0.1) is 0 Å². The van der Waals surface area contributed by atoms with Crippen molar-refractivity contribution in [2.24, 2.45) is 0 Å². The fourth-order valence-corrected chi connectivity index (χ4v) is 4.06. The van der Waals surface area contributed by atoms with E-state index in [1.54, 1.807) is 0 Å². The zero-order chi connectivity index (χ0) is 20.8. The molecular formula is C30H28. The molecule has 0 aliphatic rings. The molecule has 0 saturated carbocycles. The van der Waals surface area contributed by atoms with Gasteiger partial charge in [-0.1, -0.05) is 134 Å². The van der Waals surface area contributed by atoms with Crippen molar-refractivity contribution in [3.05, 3.63) is 143 Å². The zero-order valence-electron chi connectivity index (χ0n) is 17.7. The molecule has 2 unspecified atom stereocenters. The van der Waals surface area contributed by atoms with E-state index in [2.05, 4.69) is 129 Å².